The van der Waals surface area contributed by atoms with E-state index in [2.05, 4.69) is 22.6 Å². The second kappa shape index (κ2) is 2.73. The van der Waals surface area contributed by atoms with E-state index in [0.717, 1.165) is 3.57 Å². The molecule has 0 radical (unpaired) electrons. The summed E-state index contributed by atoms with van der Waals surface area (Å²) in [7, 11) is 0. The molecule has 0 aliphatic heterocycles. The second-order valence-corrected chi connectivity index (χ2v) is 4.00. The van der Waals surface area contributed by atoms with Crippen LogP contribution in [-0.2, 0) is 0 Å². The zero-order valence-corrected chi connectivity index (χ0v) is 8.14. The van der Waals surface area contributed by atoms with Crippen molar-refractivity contribution in [2.75, 3.05) is 0 Å². The lowest BCUT2D eigenvalue weighted by molar-refractivity contribution is 0.617. The Morgan fingerprint density at radius 2 is 2.09 bits per heavy atom. The van der Waals surface area contributed by atoms with Crippen molar-refractivity contribution in [3.05, 3.63) is 33.1 Å². The molecule has 0 aromatic heterocycles. The first-order chi connectivity index (χ1) is 5.29. The predicted molar refractivity (Wildman–Crippen MR) is 51.1 cm³/mol. The van der Waals surface area contributed by atoms with Gasteiger partial charge in [-0.25, -0.2) is 4.39 Å². The zero-order chi connectivity index (χ0) is 7.84. The number of hydrogen-bond acceptors (Lipinski definition) is 0. The average molecular weight is 262 g/mol. The Balaban J connectivity index is 2.45. The van der Waals surface area contributed by atoms with Gasteiger partial charge in [-0.2, -0.15) is 0 Å². The smallest absolute Gasteiger partial charge is 0.136 e. The Hall–Kier alpha value is -0.120. The van der Waals surface area contributed by atoms with E-state index in [1.54, 1.807) is 6.07 Å². The van der Waals surface area contributed by atoms with Crippen LogP contribution in [0.3, 0.4) is 0 Å². The normalized spacial score (nSPS) is 16.9. The van der Waals surface area contributed by atoms with E-state index in [1.165, 1.54) is 24.5 Å². The molecule has 1 saturated carbocycles. The van der Waals surface area contributed by atoms with Gasteiger partial charge in [0.2, 0.25) is 0 Å². The maximum Gasteiger partial charge on any atom is 0.136 e. The van der Waals surface area contributed by atoms with Crippen molar-refractivity contribution in [3.63, 3.8) is 0 Å². The molecule has 0 nitrogen and oxygen atoms in total. The van der Waals surface area contributed by atoms with Crippen molar-refractivity contribution < 1.29 is 4.39 Å². The molecule has 1 aromatic carbocycles. The van der Waals surface area contributed by atoms with Gasteiger partial charge in [0.1, 0.15) is 5.82 Å². The maximum atomic E-state index is 13.0. The van der Waals surface area contributed by atoms with E-state index in [-0.39, 0.29) is 5.82 Å². The molecule has 0 heterocycles. The minimum atomic E-state index is -0.0741. The van der Waals surface area contributed by atoms with E-state index in [0.29, 0.717) is 5.92 Å². The van der Waals surface area contributed by atoms with Gasteiger partial charge in [0, 0.05) is 0 Å². The largest absolute Gasteiger partial charge is 0.206 e. The molecule has 0 bridgehead atoms. The van der Waals surface area contributed by atoms with Crippen LogP contribution in [0.25, 0.3) is 0 Å². The molecule has 0 amide bonds. The van der Waals surface area contributed by atoms with Crippen LogP contribution in [0.15, 0.2) is 18.2 Å². The van der Waals surface area contributed by atoms with Crippen molar-refractivity contribution in [2.45, 2.75) is 18.8 Å². The molecule has 1 aliphatic rings. The van der Waals surface area contributed by atoms with Gasteiger partial charge in [-0.15, -0.1) is 0 Å². The highest BCUT2D eigenvalue weighted by Crippen LogP contribution is 2.42. The molecular formula is C9H8FI. The van der Waals surface area contributed by atoms with Gasteiger partial charge in [0.15, 0.2) is 0 Å². The quantitative estimate of drug-likeness (QED) is 0.681. The Bertz CT molecular complexity index is 279. The van der Waals surface area contributed by atoms with Crippen LogP contribution in [0, 0.1) is 9.39 Å². The number of rotatable bonds is 1. The Morgan fingerprint density at radius 3 is 2.73 bits per heavy atom. The molecule has 0 saturated heterocycles. The first-order valence-corrected chi connectivity index (χ1v) is 4.81. The van der Waals surface area contributed by atoms with Crippen molar-refractivity contribution >= 4 is 22.6 Å². The first-order valence-electron chi connectivity index (χ1n) is 3.73. The van der Waals surface area contributed by atoms with Crippen LogP contribution in [0.4, 0.5) is 4.39 Å². The van der Waals surface area contributed by atoms with Gasteiger partial charge < -0.3 is 0 Å². The highest BCUT2D eigenvalue weighted by molar-refractivity contribution is 14.1. The van der Waals surface area contributed by atoms with Crippen LogP contribution in [-0.4, -0.2) is 0 Å². The molecule has 0 spiro atoms. The van der Waals surface area contributed by atoms with Crippen LogP contribution < -0.4 is 0 Å². The lowest BCUT2D eigenvalue weighted by atomic mass is 10.1. The number of hydrogen-bond donors (Lipinski definition) is 0. The number of benzene rings is 1. The van der Waals surface area contributed by atoms with E-state index in [9.17, 15) is 4.39 Å². The summed E-state index contributed by atoms with van der Waals surface area (Å²) in [6, 6.07) is 5.35. The monoisotopic (exact) mass is 262 g/mol. The summed E-state index contributed by atoms with van der Waals surface area (Å²) in [5.41, 5.74) is 1.20. The van der Waals surface area contributed by atoms with E-state index in [4.69, 9.17) is 0 Å². The SMILES string of the molecule is Fc1cccc(C2CC2)c1I. The minimum absolute atomic E-state index is 0.0741. The molecule has 0 unspecified atom stereocenters. The Kier molecular flexibility index (Phi) is 1.87. The molecule has 2 rings (SSSR count). The summed E-state index contributed by atoms with van der Waals surface area (Å²) in [5, 5.41) is 0. The fourth-order valence-electron chi connectivity index (χ4n) is 1.23. The fraction of sp³-hybridized carbons (Fsp3) is 0.333. The van der Waals surface area contributed by atoms with Gasteiger partial charge in [0.25, 0.3) is 0 Å². The van der Waals surface area contributed by atoms with Crippen molar-refractivity contribution in [2.24, 2.45) is 0 Å². The van der Waals surface area contributed by atoms with E-state index >= 15 is 0 Å². The third-order valence-corrected chi connectivity index (χ3v) is 3.14. The summed E-state index contributed by atoms with van der Waals surface area (Å²) in [5.74, 6) is 0.576. The summed E-state index contributed by atoms with van der Waals surface area (Å²) in [6.07, 6.45) is 2.47. The van der Waals surface area contributed by atoms with Gasteiger partial charge in [-0.05, 0) is 53.0 Å². The molecule has 0 atom stereocenters. The van der Waals surface area contributed by atoms with Crippen LogP contribution in [0.1, 0.15) is 24.3 Å². The average Bonchev–Trinajstić information content (AvgIpc) is 2.77. The maximum absolute atomic E-state index is 13.0. The third kappa shape index (κ3) is 1.41. The molecule has 2 heteroatoms. The van der Waals surface area contributed by atoms with Crippen molar-refractivity contribution in [1.82, 2.24) is 0 Å². The van der Waals surface area contributed by atoms with Crippen LogP contribution >= 0.6 is 22.6 Å². The van der Waals surface area contributed by atoms with Crippen molar-refractivity contribution in [3.8, 4) is 0 Å². The van der Waals surface area contributed by atoms with E-state index in [1.807, 2.05) is 6.07 Å². The van der Waals surface area contributed by atoms with Gasteiger partial charge >= 0.3 is 0 Å². The van der Waals surface area contributed by atoms with Crippen LogP contribution in [0.5, 0.6) is 0 Å². The lowest BCUT2D eigenvalue weighted by Gasteiger charge is -2.01. The third-order valence-electron chi connectivity index (χ3n) is 2.00. The minimum Gasteiger partial charge on any atom is -0.206 e. The highest BCUT2D eigenvalue weighted by Gasteiger charge is 2.26. The van der Waals surface area contributed by atoms with E-state index < -0.39 is 0 Å². The zero-order valence-electron chi connectivity index (χ0n) is 5.98. The molecule has 11 heavy (non-hydrogen) atoms. The fourth-order valence-corrected chi connectivity index (χ4v) is 2.03. The molecular weight excluding hydrogens is 254 g/mol. The Morgan fingerprint density at radius 1 is 1.36 bits per heavy atom. The summed E-state index contributed by atoms with van der Waals surface area (Å²) in [6.45, 7) is 0. The highest BCUT2D eigenvalue weighted by atomic mass is 127. The molecule has 1 aromatic rings. The topological polar surface area (TPSA) is 0 Å². The second-order valence-electron chi connectivity index (χ2n) is 2.92. The van der Waals surface area contributed by atoms with Gasteiger partial charge in [-0.3, -0.25) is 0 Å². The molecule has 0 N–H and O–H groups in total. The molecule has 58 valence electrons. The predicted octanol–water partition coefficient (Wildman–Crippen LogP) is 3.31. The van der Waals surface area contributed by atoms with Gasteiger partial charge in [-0.1, -0.05) is 12.1 Å². The molecule has 1 fully saturated rings. The summed E-state index contributed by atoms with van der Waals surface area (Å²) >= 11 is 2.09. The van der Waals surface area contributed by atoms with Crippen molar-refractivity contribution in [1.29, 1.82) is 0 Å². The summed E-state index contributed by atoms with van der Waals surface area (Å²) in [4.78, 5) is 0. The summed E-state index contributed by atoms with van der Waals surface area (Å²) < 4.78 is 13.8. The van der Waals surface area contributed by atoms with Gasteiger partial charge in [0.05, 0.1) is 3.57 Å². The van der Waals surface area contributed by atoms with Crippen LogP contribution in [0.2, 0.25) is 0 Å². The lowest BCUT2D eigenvalue weighted by Crippen LogP contribution is -1.88. The first kappa shape index (κ1) is 7.53. The standard InChI is InChI=1S/C9H8FI/c10-8-3-1-2-7(9(8)11)6-4-5-6/h1-3,6H,4-5H2. The molecule has 1 aliphatic carbocycles. The Labute approximate surface area is 78.9 Å². The number of halogens is 2.